The van der Waals surface area contributed by atoms with Gasteiger partial charge in [-0.3, -0.25) is 4.79 Å². The van der Waals surface area contributed by atoms with Gasteiger partial charge < -0.3 is 10.2 Å². The average Bonchev–Trinajstić information content (AvgIpc) is 3.12. The molecule has 126 valence electrons. The van der Waals surface area contributed by atoms with Gasteiger partial charge in [-0.25, -0.2) is 4.98 Å². The molecule has 3 heterocycles. The summed E-state index contributed by atoms with van der Waals surface area (Å²) >= 11 is 8.94. The first-order valence-corrected chi connectivity index (χ1v) is 9.29. The molecule has 0 aliphatic carbocycles. The van der Waals surface area contributed by atoms with Crippen LogP contribution in [0.4, 0.5) is 0 Å². The number of hydrogen-bond acceptors (Lipinski definition) is 5. The van der Waals surface area contributed by atoms with Crippen molar-refractivity contribution in [3.8, 4) is 9.88 Å². The number of rotatable bonds is 3. The second-order valence-corrected chi connectivity index (χ2v) is 8.13. The van der Waals surface area contributed by atoms with Gasteiger partial charge in [0, 0.05) is 19.1 Å². The molecule has 1 fully saturated rings. The average molecular weight is 392 g/mol. The van der Waals surface area contributed by atoms with Crippen molar-refractivity contribution in [1.82, 2.24) is 15.2 Å². The van der Waals surface area contributed by atoms with Crippen molar-refractivity contribution in [2.24, 2.45) is 0 Å². The van der Waals surface area contributed by atoms with E-state index in [1.54, 1.807) is 0 Å². The van der Waals surface area contributed by atoms with Crippen molar-refractivity contribution in [2.45, 2.75) is 25.8 Å². The molecule has 2 aromatic rings. The molecule has 0 saturated carbocycles. The van der Waals surface area contributed by atoms with E-state index in [-0.39, 0.29) is 18.3 Å². The van der Waals surface area contributed by atoms with Crippen molar-refractivity contribution in [3.05, 3.63) is 27.0 Å². The normalized spacial score (nSPS) is 17.9. The lowest BCUT2D eigenvalue weighted by Crippen LogP contribution is -2.46. The molecule has 1 aliphatic rings. The molecule has 8 heteroatoms. The van der Waals surface area contributed by atoms with Gasteiger partial charge in [0.05, 0.1) is 14.9 Å². The highest BCUT2D eigenvalue weighted by atomic mass is 35.5. The van der Waals surface area contributed by atoms with Crippen LogP contribution in [0.25, 0.3) is 9.88 Å². The summed E-state index contributed by atoms with van der Waals surface area (Å²) in [6.07, 6.45) is 2.17. The van der Waals surface area contributed by atoms with Gasteiger partial charge in [-0.1, -0.05) is 11.6 Å². The molecule has 1 atom stereocenters. The Kier molecular flexibility index (Phi) is 6.45. The smallest absolute Gasteiger partial charge is 0.265 e. The van der Waals surface area contributed by atoms with Crippen molar-refractivity contribution in [1.29, 1.82) is 0 Å². The fraction of sp³-hybridized carbons (Fsp3) is 0.467. The zero-order valence-corrected chi connectivity index (χ0v) is 16.2. The summed E-state index contributed by atoms with van der Waals surface area (Å²) in [6.45, 7) is 3.50. The van der Waals surface area contributed by atoms with Crippen LogP contribution in [-0.4, -0.2) is 42.0 Å². The number of aryl methyl sites for hydroxylation is 1. The monoisotopic (exact) mass is 391 g/mol. The molecular formula is C15H19Cl2N3OS2. The van der Waals surface area contributed by atoms with Crippen molar-refractivity contribution in [2.75, 3.05) is 20.1 Å². The van der Waals surface area contributed by atoms with Crippen LogP contribution in [0.3, 0.4) is 0 Å². The predicted octanol–water partition coefficient (Wildman–Crippen LogP) is 4.08. The van der Waals surface area contributed by atoms with Gasteiger partial charge in [-0.2, -0.15) is 0 Å². The fourth-order valence-corrected chi connectivity index (χ4v) is 4.80. The largest absolute Gasteiger partial charge is 0.336 e. The molecule has 1 unspecified atom stereocenters. The van der Waals surface area contributed by atoms with Crippen molar-refractivity contribution in [3.63, 3.8) is 0 Å². The highest BCUT2D eigenvalue weighted by molar-refractivity contribution is 7.24. The van der Waals surface area contributed by atoms with Gasteiger partial charge >= 0.3 is 0 Å². The minimum atomic E-state index is 0. The number of thiazole rings is 1. The van der Waals surface area contributed by atoms with Crippen LogP contribution >= 0.6 is 46.7 Å². The van der Waals surface area contributed by atoms with Crippen molar-refractivity contribution < 1.29 is 4.79 Å². The first-order valence-electron chi connectivity index (χ1n) is 7.28. The van der Waals surface area contributed by atoms with Gasteiger partial charge in [0.25, 0.3) is 5.91 Å². The minimum Gasteiger partial charge on any atom is -0.336 e. The number of nitrogens with one attached hydrogen (secondary N) is 1. The van der Waals surface area contributed by atoms with Crippen LogP contribution in [0.1, 0.15) is 28.2 Å². The first-order chi connectivity index (χ1) is 10.6. The molecular weight excluding hydrogens is 373 g/mol. The molecule has 23 heavy (non-hydrogen) atoms. The number of carbonyl (C=O) groups is 1. The number of carbonyl (C=O) groups excluding carboxylic acids is 1. The van der Waals surface area contributed by atoms with Gasteiger partial charge in [-0.15, -0.1) is 35.1 Å². The van der Waals surface area contributed by atoms with E-state index in [1.165, 1.54) is 22.7 Å². The molecule has 0 radical (unpaired) electrons. The first kappa shape index (κ1) is 18.7. The summed E-state index contributed by atoms with van der Waals surface area (Å²) < 4.78 is 0.739. The highest BCUT2D eigenvalue weighted by Gasteiger charge is 2.26. The Labute approximate surface area is 155 Å². The third-order valence-electron chi connectivity index (χ3n) is 3.89. The van der Waals surface area contributed by atoms with E-state index in [9.17, 15) is 4.79 Å². The Morgan fingerprint density at radius 2 is 2.22 bits per heavy atom. The van der Waals surface area contributed by atoms with E-state index in [0.29, 0.717) is 6.04 Å². The van der Waals surface area contributed by atoms with Crippen LogP contribution in [0, 0.1) is 6.92 Å². The topological polar surface area (TPSA) is 45.2 Å². The maximum atomic E-state index is 12.8. The van der Waals surface area contributed by atoms with Gasteiger partial charge in [0.2, 0.25) is 0 Å². The quantitative estimate of drug-likeness (QED) is 0.856. The van der Waals surface area contributed by atoms with Crippen LogP contribution in [-0.2, 0) is 0 Å². The molecule has 0 bridgehead atoms. The number of likely N-dealkylation sites (tertiary alicyclic amines) is 1. The second kappa shape index (κ2) is 7.94. The van der Waals surface area contributed by atoms with E-state index in [1.807, 2.05) is 31.0 Å². The highest BCUT2D eigenvalue weighted by Crippen LogP contribution is 2.35. The standard InChI is InChI=1S/C15H18ClN3OS2.ClH/c1-9-13(15(20)19-7-3-4-10(8-19)17-2)22-14(18-9)11-5-6-12(16)21-11;/h5-6,10,17H,3-4,7-8H2,1-2H3;1H. The van der Waals surface area contributed by atoms with Gasteiger partial charge in [0.1, 0.15) is 9.88 Å². The number of nitrogens with zero attached hydrogens (tertiary/aromatic N) is 2. The summed E-state index contributed by atoms with van der Waals surface area (Å²) in [7, 11) is 1.95. The third-order valence-corrected chi connectivity index (χ3v) is 6.44. The van der Waals surface area contributed by atoms with E-state index < -0.39 is 0 Å². The van der Waals surface area contributed by atoms with Crippen LogP contribution in [0.15, 0.2) is 12.1 Å². The van der Waals surface area contributed by atoms with Crippen LogP contribution < -0.4 is 5.32 Å². The van der Waals surface area contributed by atoms with E-state index in [4.69, 9.17) is 11.6 Å². The Morgan fingerprint density at radius 1 is 1.43 bits per heavy atom. The summed E-state index contributed by atoms with van der Waals surface area (Å²) in [6, 6.07) is 4.21. The summed E-state index contributed by atoms with van der Waals surface area (Å²) in [5.74, 6) is 0.101. The number of thiophene rings is 1. The molecule has 2 aromatic heterocycles. The fourth-order valence-electron chi connectivity index (χ4n) is 2.67. The summed E-state index contributed by atoms with van der Waals surface area (Å²) in [5, 5.41) is 4.14. The number of hydrogen-bond donors (Lipinski definition) is 1. The lowest BCUT2D eigenvalue weighted by molar-refractivity contribution is 0.0702. The number of halogens is 2. The number of likely N-dealkylation sites (N-methyl/N-ethyl adjacent to an activating group) is 1. The Hall–Kier alpha value is -0.660. The third kappa shape index (κ3) is 4.06. The Morgan fingerprint density at radius 3 is 2.87 bits per heavy atom. The van der Waals surface area contributed by atoms with Crippen molar-refractivity contribution >= 4 is 52.6 Å². The van der Waals surface area contributed by atoms with Gasteiger partial charge in [-0.05, 0) is 38.9 Å². The van der Waals surface area contributed by atoms with E-state index in [0.717, 1.165) is 50.7 Å². The second-order valence-electron chi connectivity index (χ2n) is 5.42. The summed E-state index contributed by atoms with van der Waals surface area (Å²) in [4.78, 5) is 21.0. The number of piperidine rings is 1. The SMILES string of the molecule is CNC1CCCN(C(=O)c2sc(-c3ccc(Cl)s3)nc2C)C1.Cl. The minimum absolute atomic E-state index is 0. The Bertz CT molecular complexity index is 686. The van der Waals surface area contributed by atoms with Crippen LogP contribution in [0.2, 0.25) is 4.34 Å². The molecule has 4 nitrogen and oxygen atoms in total. The number of aromatic nitrogens is 1. The molecule has 1 N–H and O–H groups in total. The molecule has 1 saturated heterocycles. The van der Waals surface area contributed by atoms with Crippen LogP contribution in [0.5, 0.6) is 0 Å². The molecule has 0 spiro atoms. The lowest BCUT2D eigenvalue weighted by Gasteiger charge is -2.32. The molecule has 1 aliphatic heterocycles. The maximum absolute atomic E-state index is 12.8. The molecule has 3 rings (SSSR count). The van der Waals surface area contributed by atoms with E-state index in [2.05, 4.69) is 10.3 Å². The van der Waals surface area contributed by atoms with Gasteiger partial charge in [0.15, 0.2) is 0 Å². The zero-order valence-electron chi connectivity index (χ0n) is 13.0. The summed E-state index contributed by atoms with van der Waals surface area (Å²) in [5.41, 5.74) is 0.807. The lowest BCUT2D eigenvalue weighted by atomic mass is 10.1. The zero-order chi connectivity index (χ0) is 15.7. The number of amides is 1. The Balaban J connectivity index is 0.00000192. The molecule has 0 aromatic carbocycles. The maximum Gasteiger partial charge on any atom is 0.265 e. The van der Waals surface area contributed by atoms with E-state index >= 15 is 0 Å². The predicted molar refractivity (Wildman–Crippen MR) is 100 cm³/mol. The molecule has 1 amide bonds.